The highest BCUT2D eigenvalue weighted by Gasteiger charge is 2.79. The van der Waals surface area contributed by atoms with Gasteiger partial charge in [0.1, 0.15) is 17.6 Å². The van der Waals surface area contributed by atoms with Crippen molar-refractivity contribution in [2.45, 2.75) is 89.5 Å². The largest absolute Gasteiger partial charge is 0.465 e. The molecular weight excluding hydrogens is 546 g/mol. The van der Waals surface area contributed by atoms with E-state index in [9.17, 15) is 19.5 Å². The zero-order valence-corrected chi connectivity index (χ0v) is 26.3. The van der Waals surface area contributed by atoms with E-state index in [1.54, 1.807) is 11.0 Å². The zero-order chi connectivity index (χ0) is 31.4. The maximum absolute atomic E-state index is 14.7. The highest BCUT2D eigenvalue weighted by atomic mass is 16.6. The number of unbranched alkanes of at least 4 members (excludes halogenated alkanes) is 2. The zero-order valence-electron chi connectivity index (χ0n) is 26.3. The number of likely N-dealkylation sites (tertiary alicyclic amines) is 1. The molecule has 9 heteroatoms. The number of rotatable bonds is 16. The smallest absolute Gasteiger partial charge is 0.312 e. The predicted octanol–water partition coefficient (Wildman–Crippen LogP) is 4.49. The number of ether oxygens (including phenoxy) is 2. The number of carbonyl (C=O) groups excluding carboxylic acids is 3. The van der Waals surface area contributed by atoms with Gasteiger partial charge in [-0.2, -0.15) is 0 Å². The molecule has 1 aromatic rings. The molecule has 3 saturated heterocycles. The van der Waals surface area contributed by atoms with E-state index in [2.05, 4.69) is 31.9 Å². The van der Waals surface area contributed by atoms with Crippen molar-refractivity contribution in [3.05, 3.63) is 49.6 Å². The topological polar surface area (TPSA) is 99.6 Å². The Kier molecular flexibility index (Phi) is 10.4. The molecule has 6 atom stereocenters. The van der Waals surface area contributed by atoms with E-state index in [1.165, 1.54) is 4.90 Å². The van der Waals surface area contributed by atoms with E-state index < -0.39 is 41.1 Å². The Morgan fingerprint density at radius 3 is 2.37 bits per heavy atom. The van der Waals surface area contributed by atoms with E-state index in [0.717, 1.165) is 31.6 Å². The average molecular weight is 596 g/mol. The van der Waals surface area contributed by atoms with Gasteiger partial charge >= 0.3 is 5.97 Å². The van der Waals surface area contributed by atoms with Gasteiger partial charge in [-0.1, -0.05) is 19.1 Å². The molecule has 3 heterocycles. The van der Waals surface area contributed by atoms with Crippen LogP contribution in [0.15, 0.2) is 49.6 Å². The Balaban J connectivity index is 1.71. The van der Waals surface area contributed by atoms with E-state index in [0.29, 0.717) is 31.4 Å². The van der Waals surface area contributed by atoms with Crippen molar-refractivity contribution in [2.75, 3.05) is 42.6 Å². The molecule has 1 spiro atoms. The van der Waals surface area contributed by atoms with Crippen molar-refractivity contribution in [3.63, 3.8) is 0 Å². The summed E-state index contributed by atoms with van der Waals surface area (Å²) in [6, 6.07) is 6.21. The van der Waals surface area contributed by atoms with E-state index >= 15 is 0 Å². The molecule has 1 N–H and O–H groups in total. The molecule has 1 aromatic carbocycles. The number of esters is 1. The van der Waals surface area contributed by atoms with Crippen LogP contribution in [-0.4, -0.2) is 83.9 Å². The summed E-state index contributed by atoms with van der Waals surface area (Å²) in [5.74, 6) is -2.78. The molecular formula is C34H49N3O6. The molecule has 2 bridgehead atoms. The number of aliphatic hydroxyl groups excluding tert-OH is 1. The number of allylic oxidation sites excluding steroid dienone is 1. The number of nitrogens with zero attached hydrogens (tertiary/aromatic N) is 3. The molecule has 4 rings (SSSR count). The van der Waals surface area contributed by atoms with Crippen LogP contribution in [0.5, 0.6) is 0 Å². The molecule has 3 fully saturated rings. The van der Waals surface area contributed by atoms with Crippen molar-refractivity contribution in [1.82, 2.24) is 4.90 Å². The molecule has 9 nitrogen and oxygen atoms in total. The predicted molar refractivity (Wildman–Crippen MR) is 168 cm³/mol. The Morgan fingerprint density at radius 2 is 1.79 bits per heavy atom. The van der Waals surface area contributed by atoms with Crippen LogP contribution in [0.2, 0.25) is 0 Å². The summed E-state index contributed by atoms with van der Waals surface area (Å²) in [5.41, 5.74) is -0.379. The van der Waals surface area contributed by atoms with Crippen LogP contribution in [0.3, 0.4) is 0 Å². The molecule has 0 radical (unpaired) electrons. The third-order valence-electron chi connectivity index (χ3n) is 9.69. The van der Waals surface area contributed by atoms with Crippen molar-refractivity contribution in [1.29, 1.82) is 0 Å². The summed E-state index contributed by atoms with van der Waals surface area (Å²) in [5, 5.41) is 10.4. The summed E-state index contributed by atoms with van der Waals surface area (Å²) in [4.78, 5) is 48.0. The lowest BCUT2D eigenvalue weighted by molar-refractivity contribution is -0.160. The van der Waals surface area contributed by atoms with Crippen LogP contribution < -0.4 is 9.80 Å². The van der Waals surface area contributed by atoms with Gasteiger partial charge in [0, 0.05) is 31.0 Å². The summed E-state index contributed by atoms with van der Waals surface area (Å²) >= 11 is 0. The first kappa shape index (κ1) is 32.7. The number of benzene rings is 1. The van der Waals surface area contributed by atoms with Gasteiger partial charge in [0.25, 0.3) is 5.91 Å². The van der Waals surface area contributed by atoms with Gasteiger partial charge in [-0.25, -0.2) is 0 Å². The number of hydrogen-bond acceptors (Lipinski definition) is 7. The van der Waals surface area contributed by atoms with Crippen molar-refractivity contribution < 1.29 is 29.0 Å². The quantitative estimate of drug-likeness (QED) is 0.171. The number of fused-ring (bicyclic) bond motifs is 1. The van der Waals surface area contributed by atoms with E-state index in [1.807, 2.05) is 44.2 Å². The van der Waals surface area contributed by atoms with Gasteiger partial charge in [0.2, 0.25) is 5.91 Å². The van der Waals surface area contributed by atoms with Gasteiger partial charge in [0.15, 0.2) is 0 Å². The second-order valence-corrected chi connectivity index (χ2v) is 12.1. The molecule has 0 aromatic heterocycles. The number of amides is 2. The van der Waals surface area contributed by atoms with Crippen molar-refractivity contribution in [2.24, 2.45) is 11.8 Å². The van der Waals surface area contributed by atoms with Crippen molar-refractivity contribution >= 4 is 29.2 Å². The van der Waals surface area contributed by atoms with Crippen LogP contribution in [0, 0.1) is 11.8 Å². The molecule has 0 saturated carbocycles. The SMILES string of the molecule is C=CCCCCOC(=O)[C@H]1[C@H]2C(=O)N([C@@H](CC)CO)C(C(=O)N(CC=C)c3ccc(N(CC)CC)cc3)C23CC[C@]1(C)O3. The molecule has 2 unspecified atom stereocenters. The lowest BCUT2D eigenvalue weighted by Crippen LogP contribution is -2.59. The van der Waals surface area contributed by atoms with Gasteiger partial charge in [-0.15, -0.1) is 13.2 Å². The first-order chi connectivity index (χ1) is 20.7. The Bertz CT molecular complexity index is 1180. The maximum Gasteiger partial charge on any atom is 0.312 e. The van der Waals surface area contributed by atoms with Gasteiger partial charge < -0.3 is 29.3 Å². The molecule has 236 valence electrons. The first-order valence-corrected chi connectivity index (χ1v) is 15.9. The fraction of sp³-hybridized carbons (Fsp3) is 0.618. The Morgan fingerprint density at radius 1 is 1.12 bits per heavy atom. The lowest BCUT2D eigenvalue weighted by atomic mass is 9.66. The second kappa shape index (κ2) is 13.6. The standard InChI is InChI=1S/C34H49N3O6/c1-7-12-13-14-22-42-32(41)28-27-30(39)37(24(9-3)23-38)29(34(27)20-19-33(28,6)43-34)31(40)36(21-8-2)26-17-15-25(16-18-26)35(10-4)11-5/h7-8,15-18,24,27-29,38H,1-2,9-14,19-23H2,3-6H3/t24-,27-,28+,29?,33-,34?/m0/s1. The lowest BCUT2D eigenvalue weighted by Gasteiger charge is -2.39. The van der Waals surface area contributed by atoms with Gasteiger partial charge in [-0.05, 0) is 83.6 Å². The summed E-state index contributed by atoms with van der Waals surface area (Å²) < 4.78 is 12.4. The number of aliphatic hydroxyl groups is 1. The van der Waals surface area contributed by atoms with Crippen LogP contribution >= 0.6 is 0 Å². The Hall–Kier alpha value is -3.17. The second-order valence-electron chi connectivity index (χ2n) is 12.1. The molecule has 3 aliphatic heterocycles. The first-order valence-electron chi connectivity index (χ1n) is 15.9. The van der Waals surface area contributed by atoms with Crippen LogP contribution in [0.25, 0.3) is 0 Å². The van der Waals surface area contributed by atoms with E-state index in [-0.39, 0.29) is 31.6 Å². The minimum absolute atomic E-state index is 0.228. The van der Waals surface area contributed by atoms with Crippen LogP contribution in [0.4, 0.5) is 11.4 Å². The number of carbonyl (C=O) groups is 3. The van der Waals surface area contributed by atoms with Gasteiger partial charge in [-0.3, -0.25) is 14.4 Å². The molecule has 3 aliphatic rings. The highest BCUT2D eigenvalue weighted by Crippen LogP contribution is 2.63. The fourth-order valence-corrected chi connectivity index (χ4v) is 7.49. The molecule has 0 aliphatic carbocycles. The highest BCUT2D eigenvalue weighted by molar-refractivity contribution is 6.05. The number of hydrogen-bond donors (Lipinski definition) is 1. The molecule has 2 amide bonds. The normalized spacial score (nSPS) is 28.0. The molecule has 43 heavy (non-hydrogen) atoms. The Labute approximate surface area is 256 Å². The summed E-state index contributed by atoms with van der Waals surface area (Å²) in [6.45, 7) is 17.5. The maximum atomic E-state index is 14.7. The van der Waals surface area contributed by atoms with E-state index in [4.69, 9.17) is 9.47 Å². The third-order valence-corrected chi connectivity index (χ3v) is 9.69. The fourth-order valence-electron chi connectivity index (χ4n) is 7.49. The van der Waals surface area contributed by atoms with Gasteiger partial charge in [0.05, 0.1) is 30.8 Å². The average Bonchev–Trinajstić information content (AvgIpc) is 3.58. The third kappa shape index (κ3) is 5.74. The van der Waals surface area contributed by atoms with Crippen LogP contribution in [0.1, 0.15) is 66.2 Å². The summed E-state index contributed by atoms with van der Waals surface area (Å²) in [6.07, 6.45) is 7.33. The minimum Gasteiger partial charge on any atom is -0.465 e. The number of anilines is 2. The monoisotopic (exact) mass is 595 g/mol. The van der Waals surface area contributed by atoms with Crippen LogP contribution in [-0.2, 0) is 23.9 Å². The summed E-state index contributed by atoms with van der Waals surface area (Å²) in [7, 11) is 0. The minimum atomic E-state index is -1.20. The van der Waals surface area contributed by atoms with Crippen molar-refractivity contribution in [3.8, 4) is 0 Å².